The zero-order chi connectivity index (χ0) is 19.6. The normalized spacial score (nSPS) is 11.4. The van der Waals surface area contributed by atoms with Crippen molar-refractivity contribution in [2.24, 2.45) is 0 Å². The second kappa shape index (κ2) is 10.1. The van der Waals surface area contributed by atoms with Crippen LogP contribution in [0.15, 0.2) is 61.2 Å². The number of halogens is 1. The SMILES string of the molecule is C=CC[C@H](NC(=O)OCc1ccccc1)C(=O)CCc1cc(F)ccc1N. The van der Waals surface area contributed by atoms with Crippen LogP contribution < -0.4 is 11.1 Å². The predicted octanol–water partition coefficient (Wildman–Crippen LogP) is 3.78. The summed E-state index contributed by atoms with van der Waals surface area (Å²) in [5.41, 5.74) is 7.64. The van der Waals surface area contributed by atoms with Gasteiger partial charge in [0, 0.05) is 12.1 Å². The molecule has 0 aromatic heterocycles. The van der Waals surface area contributed by atoms with Crippen molar-refractivity contribution >= 4 is 17.6 Å². The molecule has 142 valence electrons. The first-order valence-corrected chi connectivity index (χ1v) is 8.64. The van der Waals surface area contributed by atoms with Crippen molar-refractivity contribution in [1.82, 2.24) is 5.32 Å². The molecule has 0 aliphatic heterocycles. The summed E-state index contributed by atoms with van der Waals surface area (Å²) in [7, 11) is 0. The Balaban J connectivity index is 1.88. The van der Waals surface area contributed by atoms with Gasteiger partial charge in [0.05, 0.1) is 6.04 Å². The van der Waals surface area contributed by atoms with Gasteiger partial charge < -0.3 is 15.8 Å². The lowest BCUT2D eigenvalue weighted by Crippen LogP contribution is -2.40. The molecule has 1 atom stereocenters. The van der Waals surface area contributed by atoms with Gasteiger partial charge >= 0.3 is 6.09 Å². The third-order valence-corrected chi connectivity index (χ3v) is 4.04. The summed E-state index contributed by atoms with van der Waals surface area (Å²) in [6.45, 7) is 3.73. The van der Waals surface area contributed by atoms with Crippen molar-refractivity contribution in [1.29, 1.82) is 0 Å². The van der Waals surface area contributed by atoms with Gasteiger partial charge in [-0.05, 0) is 42.2 Å². The first-order valence-electron chi connectivity index (χ1n) is 8.64. The number of nitrogens with one attached hydrogen (secondary N) is 1. The molecular formula is C21H23FN2O3. The van der Waals surface area contributed by atoms with E-state index in [1.807, 2.05) is 30.3 Å². The Labute approximate surface area is 158 Å². The number of nitrogen functional groups attached to an aromatic ring is 1. The molecule has 0 heterocycles. The first-order chi connectivity index (χ1) is 13.0. The number of anilines is 1. The summed E-state index contributed by atoms with van der Waals surface area (Å²) in [6.07, 6.45) is 1.56. The van der Waals surface area contributed by atoms with E-state index in [0.717, 1.165) is 5.56 Å². The highest BCUT2D eigenvalue weighted by Gasteiger charge is 2.20. The van der Waals surface area contributed by atoms with E-state index < -0.39 is 18.0 Å². The summed E-state index contributed by atoms with van der Waals surface area (Å²) >= 11 is 0. The number of carbonyl (C=O) groups is 2. The number of aryl methyl sites for hydroxylation is 1. The second-order valence-corrected chi connectivity index (χ2v) is 6.09. The van der Waals surface area contributed by atoms with Crippen LogP contribution in [0, 0.1) is 5.82 Å². The molecule has 5 nitrogen and oxygen atoms in total. The van der Waals surface area contributed by atoms with Crippen LogP contribution in [0.25, 0.3) is 0 Å². The number of amides is 1. The Morgan fingerprint density at radius 3 is 2.67 bits per heavy atom. The highest BCUT2D eigenvalue weighted by molar-refractivity contribution is 5.87. The van der Waals surface area contributed by atoms with E-state index in [2.05, 4.69) is 11.9 Å². The monoisotopic (exact) mass is 370 g/mol. The standard InChI is InChI=1S/C21H23FN2O3/c1-2-6-19(24-21(26)27-14-15-7-4-3-5-8-15)20(25)12-9-16-13-17(22)10-11-18(16)23/h2-5,7-8,10-11,13,19H,1,6,9,12,14,23H2,(H,24,26)/t19-/m0/s1. The molecule has 1 amide bonds. The van der Waals surface area contributed by atoms with Crippen molar-refractivity contribution in [3.8, 4) is 0 Å². The van der Waals surface area contributed by atoms with Crippen molar-refractivity contribution in [3.05, 3.63) is 78.1 Å². The number of carbonyl (C=O) groups excluding carboxylic acids is 2. The number of ether oxygens (including phenoxy) is 1. The smallest absolute Gasteiger partial charge is 0.408 e. The van der Waals surface area contributed by atoms with E-state index in [9.17, 15) is 14.0 Å². The molecular weight excluding hydrogens is 347 g/mol. The highest BCUT2D eigenvalue weighted by atomic mass is 19.1. The molecule has 2 rings (SSSR count). The van der Waals surface area contributed by atoms with Gasteiger partial charge in [-0.3, -0.25) is 4.79 Å². The van der Waals surface area contributed by atoms with E-state index in [0.29, 0.717) is 11.3 Å². The number of hydrogen-bond donors (Lipinski definition) is 2. The van der Waals surface area contributed by atoms with Crippen LogP contribution in [0.1, 0.15) is 24.0 Å². The third kappa shape index (κ3) is 6.58. The Bertz CT molecular complexity index is 793. The molecule has 0 radical (unpaired) electrons. The number of hydrogen-bond acceptors (Lipinski definition) is 4. The topological polar surface area (TPSA) is 81.4 Å². The van der Waals surface area contributed by atoms with Crippen LogP contribution in [0.4, 0.5) is 14.9 Å². The van der Waals surface area contributed by atoms with Gasteiger partial charge in [0.1, 0.15) is 12.4 Å². The molecule has 3 N–H and O–H groups in total. The Morgan fingerprint density at radius 2 is 1.96 bits per heavy atom. The van der Waals surface area contributed by atoms with Gasteiger partial charge in [0.15, 0.2) is 5.78 Å². The van der Waals surface area contributed by atoms with Crippen LogP contribution >= 0.6 is 0 Å². The number of Topliss-reactive ketones (excluding diaryl/α,β-unsaturated/α-hetero) is 1. The largest absolute Gasteiger partial charge is 0.445 e. The van der Waals surface area contributed by atoms with Crippen LogP contribution in [0.3, 0.4) is 0 Å². The lowest BCUT2D eigenvalue weighted by Gasteiger charge is -2.16. The maximum Gasteiger partial charge on any atom is 0.408 e. The average molecular weight is 370 g/mol. The van der Waals surface area contributed by atoms with Crippen molar-refractivity contribution in [2.45, 2.75) is 31.9 Å². The Morgan fingerprint density at radius 1 is 1.22 bits per heavy atom. The molecule has 0 saturated heterocycles. The molecule has 2 aromatic rings. The summed E-state index contributed by atoms with van der Waals surface area (Å²) < 4.78 is 18.5. The lowest BCUT2D eigenvalue weighted by atomic mass is 10.0. The van der Waals surface area contributed by atoms with Crippen LogP contribution in [0.2, 0.25) is 0 Å². The van der Waals surface area contributed by atoms with Gasteiger partial charge in [0.2, 0.25) is 0 Å². The van der Waals surface area contributed by atoms with E-state index in [1.54, 1.807) is 6.08 Å². The first kappa shape index (κ1) is 20.2. The maximum atomic E-state index is 13.3. The number of benzene rings is 2. The van der Waals surface area contributed by atoms with Gasteiger partial charge in [-0.25, -0.2) is 9.18 Å². The molecule has 6 heteroatoms. The number of alkyl carbamates (subject to hydrolysis) is 1. The number of rotatable bonds is 9. The van der Waals surface area contributed by atoms with Crippen molar-refractivity contribution < 1.29 is 18.7 Å². The highest BCUT2D eigenvalue weighted by Crippen LogP contribution is 2.16. The van der Waals surface area contributed by atoms with Gasteiger partial charge in [0.25, 0.3) is 0 Å². The molecule has 0 saturated carbocycles. The fourth-order valence-corrected chi connectivity index (χ4v) is 2.57. The van der Waals surface area contributed by atoms with Crippen LogP contribution in [0.5, 0.6) is 0 Å². The Kier molecular flexibility index (Phi) is 7.55. The van der Waals surface area contributed by atoms with Gasteiger partial charge in [-0.2, -0.15) is 0 Å². The van der Waals surface area contributed by atoms with Crippen LogP contribution in [-0.4, -0.2) is 17.9 Å². The molecule has 27 heavy (non-hydrogen) atoms. The van der Waals surface area contributed by atoms with E-state index in [-0.39, 0.29) is 31.7 Å². The van der Waals surface area contributed by atoms with Gasteiger partial charge in [-0.15, -0.1) is 6.58 Å². The molecule has 2 aromatic carbocycles. The minimum atomic E-state index is -0.749. The predicted molar refractivity (Wildman–Crippen MR) is 103 cm³/mol. The zero-order valence-electron chi connectivity index (χ0n) is 15.0. The summed E-state index contributed by atoms with van der Waals surface area (Å²) in [6, 6.07) is 12.5. The third-order valence-electron chi connectivity index (χ3n) is 4.04. The lowest BCUT2D eigenvalue weighted by molar-refractivity contribution is -0.120. The zero-order valence-corrected chi connectivity index (χ0v) is 15.0. The van der Waals surface area contributed by atoms with Crippen LogP contribution in [-0.2, 0) is 22.6 Å². The van der Waals surface area contributed by atoms with Crippen molar-refractivity contribution in [3.63, 3.8) is 0 Å². The number of ketones is 1. The molecule has 0 spiro atoms. The molecule has 0 fully saturated rings. The summed E-state index contributed by atoms with van der Waals surface area (Å²) in [5, 5.41) is 2.56. The minimum absolute atomic E-state index is 0.113. The molecule has 0 bridgehead atoms. The minimum Gasteiger partial charge on any atom is -0.445 e. The molecule has 0 aliphatic rings. The van der Waals surface area contributed by atoms with E-state index in [4.69, 9.17) is 10.5 Å². The maximum absolute atomic E-state index is 13.3. The fraction of sp³-hybridized carbons (Fsp3) is 0.238. The quantitative estimate of drug-likeness (QED) is 0.520. The summed E-state index contributed by atoms with van der Waals surface area (Å²) in [4.78, 5) is 24.4. The van der Waals surface area contributed by atoms with Crippen molar-refractivity contribution in [2.75, 3.05) is 5.73 Å². The molecule has 0 aliphatic carbocycles. The fourth-order valence-electron chi connectivity index (χ4n) is 2.57. The molecule has 0 unspecified atom stereocenters. The second-order valence-electron chi connectivity index (χ2n) is 6.09. The summed E-state index contributed by atoms with van der Waals surface area (Å²) in [5.74, 6) is -0.605. The average Bonchev–Trinajstić information content (AvgIpc) is 2.67. The van der Waals surface area contributed by atoms with E-state index in [1.165, 1.54) is 18.2 Å². The van der Waals surface area contributed by atoms with E-state index >= 15 is 0 Å². The Hall–Kier alpha value is -3.15. The number of nitrogens with two attached hydrogens (primary N) is 1. The van der Waals surface area contributed by atoms with Gasteiger partial charge in [-0.1, -0.05) is 36.4 Å².